The second-order valence-corrected chi connectivity index (χ2v) is 12.2. The molecule has 1 fully saturated rings. The molecule has 0 radical (unpaired) electrons. The van der Waals surface area contributed by atoms with E-state index in [1.807, 2.05) is 6.92 Å². The topological polar surface area (TPSA) is 29.5 Å². The maximum Gasteiger partial charge on any atom is 0.0671 e. The zero-order valence-corrected chi connectivity index (χ0v) is 20.3. The molecule has 0 aromatic rings. The van der Waals surface area contributed by atoms with Gasteiger partial charge in [-0.1, -0.05) is 58.4 Å². The Hall–Kier alpha value is -0.860. The molecule has 4 aliphatic carbocycles. The summed E-state index contributed by atoms with van der Waals surface area (Å²) in [6.45, 7) is 19.6. The van der Waals surface area contributed by atoms with Crippen LogP contribution in [0.3, 0.4) is 0 Å². The molecule has 0 bridgehead atoms. The van der Waals surface area contributed by atoms with Gasteiger partial charge in [-0.05, 0) is 97.0 Å². The van der Waals surface area contributed by atoms with Crippen LogP contribution in [0.2, 0.25) is 0 Å². The van der Waals surface area contributed by atoms with Crippen molar-refractivity contribution < 1.29 is 9.84 Å². The van der Waals surface area contributed by atoms with Crippen LogP contribution in [0.25, 0.3) is 0 Å². The first-order valence-corrected chi connectivity index (χ1v) is 12.4. The molecule has 2 heteroatoms. The Kier molecular flexibility index (Phi) is 5.68. The molecular weight excluding hydrogens is 368 g/mol. The van der Waals surface area contributed by atoms with Crippen LogP contribution < -0.4 is 0 Å². The Labute approximate surface area is 184 Å². The Morgan fingerprint density at radius 1 is 1.17 bits per heavy atom. The predicted molar refractivity (Wildman–Crippen MR) is 125 cm³/mol. The van der Waals surface area contributed by atoms with E-state index in [0.717, 1.165) is 25.0 Å². The largest absolute Gasteiger partial charge is 0.393 e. The van der Waals surface area contributed by atoms with Crippen molar-refractivity contribution >= 4 is 0 Å². The van der Waals surface area contributed by atoms with Gasteiger partial charge in [-0.15, -0.1) is 0 Å². The van der Waals surface area contributed by atoms with Gasteiger partial charge in [0.25, 0.3) is 0 Å². The number of fused-ring (bicyclic) bond motifs is 4. The van der Waals surface area contributed by atoms with Crippen molar-refractivity contribution in [3.05, 3.63) is 34.9 Å². The molecule has 0 aromatic carbocycles. The van der Waals surface area contributed by atoms with Crippen LogP contribution in [0.5, 0.6) is 0 Å². The lowest BCUT2D eigenvalue weighted by atomic mass is 9.46. The Bertz CT molecular complexity index is 772. The molecule has 1 N–H and O–H groups in total. The van der Waals surface area contributed by atoms with Crippen LogP contribution in [0, 0.1) is 34.0 Å². The SMILES string of the molecule is C=C(C)COC[C@@H](C)[C@H]1CC=C2C3=C(CC[C@@]21C)[C@@]1(C)CC[C@H](O)C(C)(C)[C@@H]1CC3. The summed E-state index contributed by atoms with van der Waals surface area (Å²) in [6, 6.07) is 0. The fourth-order valence-corrected chi connectivity index (χ4v) is 8.11. The molecule has 0 unspecified atom stereocenters. The smallest absolute Gasteiger partial charge is 0.0671 e. The average Bonchev–Trinajstić information content (AvgIpc) is 3.02. The van der Waals surface area contributed by atoms with Crippen molar-refractivity contribution in [1.29, 1.82) is 0 Å². The van der Waals surface area contributed by atoms with Crippen LogP contribution in [0.1, 0.15) is 86.5 Å². The third kappa shape index (κ3) is 3.28. The number of aliphatic hydroxyl groups excluding tert-OH is 1. The summed E-state index contributed by atoms with van der Waals surface area (Å²) in [5.41, 5.74) is 6.86. The zero-order valence-electron chi connectivity index (χ0n) is 20.3. The van der Waals surface area contributed by atoms with Crippen LogP contribution in [-0.4, -0.2) is 24.4 Å². The molecule has 0 saturated heterocycles. The minimum absolute atomic E-state index is 0.0218. The first-order valence-electron chi connectivity index (χ1n) is 12.4. The summed E-state index contributed by atoms with van der Waals surface area (Å²) in [5.74, 6) is 1.85. The van der Waals surface area contributed by atoms with E-state index in [1.54, 1.807) is 16.7 Å². The van der Waals surface area contributed by atoms with E-state index >= 15 is 0 Å². The molecule has 4 rings (SSSR count). The zero-order chi connectivity index (χ0) is 21.9. The van der Waals surface area contributed by atoms with Gasteiger partial charge in [-0.3, -0.25) is 0 Å². The lowest BCUT2D eigenvalue weighted by Crippen LogP contribution is -2.53. The van der Waals surface area contributed by atoms with E-state index in [9.17, 15) is 5.11 Å². The lowest BCUT2D eigenvalue weighted by molar-refractivity contribution is -0.0906. The summed E-state index contributed by atoms with van der Waals surface area (Å²) in [5, 5.41) is 10.7. The summed E-state index contributed by atoms with van der Waals surface area (Å²) in [7, 11) is 0. The standard InChI is InChI=1S/C28H44O2/c1-18(2)16-30-17-19(3)21-9-10-22-20-8-11-24-26(4,5)25(29)13-15-28(24,7)23(20)12-14-27(21,22)6/h10,19,21,24-25,29H,1,8-9,11-17H2,2-7H3/t19-,21-,24+,25+,27-,28-/m1/s1. The van der Waals surface area contributed by atoms with Crippen LogP contribution >= 0.6 is 0 Å². The molecule has 0 aromatic heterocycles. The van der Waals surface area contributed by atoms with Gasteiger partial charge in [0.05, 0.1) is 12.7 Å². The van der Waals surface area contributed by atoms with Crippen molar-refractivity contribution in [3.8, 4) is 0 Å². The molecule has 30 heavy (non-hydrogen) atoms. The highest BCUT2D eigenvalue weighted by molar-refractivity contribution is 5.49. The molecular formula is C28H44O2. The highest BCUT2D eigenvalue weighted by atomic mass is 16.5. The van der Waals surface area contributed by atoms with Gasteiger partial charge in [-0.2, -0.15) is 0 Å². The van der Waals surface area contributed by atoms with Gasteiger partial charge >= 0.3 is 0 Å². The lowest BCUT2D eigenvalue weighted by Gasteiger charge is -2.59. The fourth-order valence-electron chi connectivity index (χ4n) is 8.11. The highest BCUT2D eigenvalue weighted by Gasteiger charge is 2.57. The Balaban J connectivity index is 1.59. The Morgan fingerprint density at radius 2 is 1.90 bits per heavy atom. The first-order chi connectivity index (χ1) is 14.0. The van der Waals surface area contributed by atoms with Gasteiger partial charge < -0.3 is 9.84 Å². The van der Waals surface area contributed by atoms with E-state index in [0.29, 0.717) is 29.8 Å². The van der Waals surface area contributed by atoms with Gasteiger partial charge in [0.2, 0.25) is 0 Å². The molecule has 2 nitrogen and oxygen atoms in total. The van der Waals surface area contributed by atoms with E-state index in [4.69, 9.17) is 4.74 Å². The maximum atomic E-state index is 10.7. The van der Waals surface area contributed by atoms with E-state index in [2.05, 4.69) is 47.3 Å². The van der Waals surface area contributed by atoms with Gasteiger partial charge in [0.15, 0.2) is 0 Å². The van der Waals surface area contributed by atoms with E-state index in [1.165, 1.54) is 32.1 Å². The number of ether oxygens (including phenoxy) is 1. The Morgan fingerprint density at radius 3 is 2.60 bits per heavy atom. The van der Waals surface area contributed by atoms with Crippen molar-refractivity contribution in [2.45, 2.75) is 92.6 Å². The number of hydrogen-bond acceptors (Lipinski definition) is 2. The monoisotopic (exact) mass is 412 g/mol. The average molecular weight is 413 g/mol. The molecule has 168 valence electrons. The van der Waals surface area contributed by atoms with Crippen LogP contribution in [0.15, 0.2) is 34.9 Å². The van der Waals surface area contributed by atoms with Crippen LogP contribution in [-0.2, 0) is 4.74 Å². The first kappa shape index (κ1) is 22.3. The van der Waals surface area contributed by atoms with Crippen molar-refractivity contribution in [2.75, 3.05) is 13.2 Å². The van der Waals surface area contributed by atoms with Crippen molar-refractivity contribution in [3.63, 3.8) is 0 Å². The van der Waals surface area contributed by atoms with E-state index < -0.39 is 0 Å². The second-order valence-electron chi connectivity index (χ2n) is 12.2. The summed E-state index contributed by atoms with van der Waals surface area (Å²) < 4.78 is 5.96. The molecule has 4 aliphatic rings. The predicted octanol–water partition coefficient (Wildman–Crippen LogP) is 6.86. The number of rotatable bonds is 5. The van der Waals surface area contributed by atoms with Gasteiger partial charge in [-0.25, -0.2) is 0 Å². The molecule has 1 saturated carbocycles. The van der Waals surface area contributed by atoms with Gasteiger partial charge in [0, 0.05) is 6.61 Å². The summed E-state index contributed by atoms with van der Waals surface area (Å²) in [4.78, 5) is 0. The molecule has 0 spiro atoms. The van der Waals surface area contributed by atoms with Gasteiger partial charge in [0.1, 0.15) is 0 Å². The molecule has 0 aliphatic heterocycles. The third-order valence-corrected chi connectivity index (χ3v) is 9.84. The minimum atomic E-state index is -0.151. The van der Waals surface area contributed by atoms with E-state index in [-0.39, 0.29) is 16.9 Å². The number of hydrogen-bond donors (Lipinski definition) is 1. The van der Waals surface area contributed by atoms with Crippen molar-refractivity contribution in [1.82, 2.24) is 0 Å². The quantitative estimate of drug-likeness (QED) is 0.500. The number of aliphatic hydroxyl groups is 1. The van der Waals surface area contributed by atoms with Crippen LogP contribution in [0.4, 0.5) is 0 Å². The van der Waals surface area contributed by atoms with Crippen molar-refractivity contribution in [2.24, 2.45) is 34.0 Å². The normalized spacial score (nSPS) is 40.9. The maximum absolute atomic E-state index is 10.7. The summed E-state index contributed by atoms with van der Waals surface area (Å²) in [6.07, 6.45) is 10.7. The molecule has 6 atom stereocenters. The molecule has 0 amide bonds. The highest BCUT2D eigenvalue weighted by Crippen LogP contribution is 2.66. The third-order valence-electron chi connectivity index (χ3n) is 9.84. The minimum Gasteiger partial charge on any atom is -0.393 e. The molecule has 0 heterocycles. The second kappa shape index (κ2) is 7.62. The number of allylic oxidation sites excluding steroid dienone is 4. The summed E-state index contributed by atoms with van der Waals surface area (Å²) >= 11 is 0. The fraction of sp³-hybridized carbons (Fsp3) is 0.786.